The smallest absolute Gasteiger partial charge is 0.409 e. The highest BCUT2D eigenvalue weighted by Gasteiger charge is 2.25. The lowest BCUT2D eigenvalue weighted by atomic mass is 9.87. The molecule has 2 aromatic rings. The predicted octanol–water partition coefficient (Wildman–Crippen LogP) is 4.51. The lowest BCUT2D eigenvalue weighted by Crippen LogP contribution is -2.28. The Kier molecular flexibility index (Phi) is 6.56. The van der Waals surface area contributed by atoms with Gasteiger partial charge in [0.2, 0.25) is 5.91 Å². The van der Waals surface area contributed by atoms with Crippen molar-refractivity contribution in [1.82, 2.24) is 4.90 Å². The molecular formula is C21H23N3O3. The summed E-state index contributed by atoms with van der Waals surface area (Å²) in [7, 11) is 1.48. The molecule has 0 aliphatic rings. The topological polar surface area (TPSA) is 93.4 Å². The largest absolute Gasteiger partial charge is 0.465 e. The molecule has 2 rings (SSSR count). The van der Waals surface area contributed by atoms with Crippen LogP contribution in [0.2, 0.25) is 0 Å². The Balaban J connectivity index is 2.34. The number of hydrogen-bond donors (Lipinski definition) is 2. The van der Waals surface area contributed by atoms with Crippen LogP contribution in [0.3, 0.4) is 0 Å². The number of anilines is 1. The molecule has 2 N–H and O–H groups in total. The summed E-state index contributed by atoms with van der Waals surface area (Å²) in [6.07, 6.45) is 1.42. The van der Waals surface area contributed by atoms with Crippen molar-refractivity contribution >= 4 is 17.7 Å². The van der Waals surface area contributed by atoms with Crippen LogP contribution in [-0.4, -0.2) is 29.1 Å². The molecule has 0 spiro atoms. The predicted molar refractivity (Wildman–Crippen MR) is 104 cm³/mol. The number of nitriles is 1. The first-order valence-corrected chi connectivity index (χ1v) is 8.69. The third kappa shape index (κ3) is 5.32. The summed E-state index contributed by atoms with van der Waals surface area (Å²) in [5.74, 6) is -0.303. The maximum atomic E-state index is 12.6. The van der Waals surface area contributed by atoms with Gasteiger partial charge in [0, 0.05) is 12.7 Å². The van der Waals surface area contributed by atoms with Crippen LogP contribution in [0.5, 0.6) is 0 Å². The lowest BCUT2D eigenvalue weighted by Gasteiger charge is -2.21. The van der Waals surface area contributed by atoms with Gasteiger partial charge < -0.3 is 5.11 Å². The monoisotopic (exact) mass is 365 g/mol. The van der Waals surface area contributed by atoms with E-state index < -0.39 is 6.09 Å². The summed E-state index contributed by atoms with van der Waals surface area (Å²) >= 11 is 0. The minimum Gasteiger partial charge on any atom is -0.465 e. The summed E-state index contributed by atoms with van der Waals surface area (Å²) in [6.45, 7) is 4.09. The fourth-order valence-electron chi connectivity index (χ4n) is 2.94. The van der Waals surface area contributed by atoms with Gasteiger partial charge in [-0.25, -0.2) is 4.79 Å². The van der Waals surface area contributed by atoms with Gasteiger partial charge in [-0.2, -0.15) is 5.26 Å². The number of carbonyl (C=O) groups excluding carboxylic acids is 1. The summed E-state index contributed by atoms with van der Waals surface area (Å²) in [6, 6.07) is 14.7. The molecule has 0 aliphatic carbocycles. The van der Waals surface area contributed by atoms with Crippen LogP contribution in [-0.2, 0) is 4.79 Å². The van der Waals surface area contributed by atoms with Gasteiger partial charge >= 0.3 is 6.09 Å². The van der Waals surface area contributed by atoms with E-state index in [1.807, 2.05) is 56.4 Å². The molecule has 0 radical (unpaired) electrons. The minimum atomic E-state index is -1.11. The van der Waals surface area contributed by atoms with Crippen LogP contribution < -0.4 is 5.32 Å². The van der Waals surface area contributed by atoms with Crippen molar-refractivity contribution < 1.29 is 14.7 Å². The first-order chi connectivity index (χ1) is 12.8. The second-order valence-corrected chi connectivity index (χ2v) is 6.81. The second kappa shape index (κ2) is 8.86. The number of likely N-dealkylation sites (N-methyl/N-ethyl adjacent to an activating group) is 1. The van der Waals surface area contributed by atoms with E-state index in [2.05, 4.69) is 5.32 Å². The van der Waals surface area contributed by atoms with Crippen LogP contribution in [0, 0.1) is 17.4 Å². The molecule has 0 aliphatic heterocycles. The molecule has 0 saturated carbocycles. The quantitative estimate of drug-likeness (QED) is 0.582. The van der Waals surface area contributed by atoms with E-state index >= 15 is 0 Å². The number of amides is 2. The number of benzene rings is 2. The summed E-state index contributed by atoms with van der Waals surface area (Å²) < 4.78 is 0. The Morgan fingerprint density at radius 1 is 1.15 bits per heavy atom. The van der Waals surface area contributed by atoms with E-state index in [0.29, 0.717) is 18.0 Å². The van der Waals surface area contributed by atoms with E-state index in [1.165, 1.54) is 7.05 Å². The Morgan fingerprint density at radius 3 is 2.37 bits per heavy atom. The van der Waals surface area contributed by atoms with Gasteiger partial charge in [-0.1, -0.05) is 50.2 Å². The van der Waals surface area contributed by atoms with Gasteiger partial charge in [0.05, 0.1) is 5.92 Å². The van der Waals surface area contributed by atoms with Gasteiger partial charge in [-0.05, 0) is 41.2 Å². The Morgan fingerprint density at radius 2 is 1.81 bits per heavy atom. The third-order valence-electron chi connectivity index (χ3n) is 4.24. The third-order valence-corrected chi connectivity index (χ3v) is 4.24. The van der Waals surface area contributed by atoms with Crippen LogP contribution >= 0.6 is 0 Å². The maximum Gasteiger partial charge on any atom is 0.409 e. The number of nitrogens with zero attached hydrogens (tertiary/aromatic N) is 2. The Hall–Kier alpha value is -3.33. The molecule has 0 saturated heterocycles. The Bertz CT molecular complexity index is 854. The number of nitrogens with one attached hydrogen (secondary N) is 1. The fraction of sp³-hybridized carbons (Fsp3) is 0.286. The molecule has 0 bridgehead atoms. The summed E-state index contributed by atoms with van der Waals surface area (Å²) in [5, 5.41) is 20.1. The van der Waals surface area contributed by atoms with Crippen molar-refractivity contribution in [1.29, 1.82) is 5.26 Å². The number of rotatable bonds is 6. The van der Waals surface area contributed by atoms with Gasteiger partial charge in [-0.3, -0.25) is 15.0 Å². The highest BCUT2D eigenvalue weighted by Crippen LogP contribution is 2.30. The molecule has 1 unspecified atom stereocenters. The van der Waals surface area contributed by atoms with E-state index in [0.717, 1.165) is 21.6 Å². The zero-order valence-electron chi connectivity index (χ0n) is 15.6. The van der Waals surface area contributed by atoms with Crippen LogP contribution in [0.15, 0.2) is 48.5 Å². The number of carbonyl (C=O) groups is 2. The summed E-state index contributed by atoms with van der Waals surface area (Å²) in [4.78, 5) is 24.4. The molecule has 6 nitrogen and oxygen atoms in total. The SMILES string of the molecule is CC(C)CC(C(=O)N(C)C#N)c1cccc(-c2ccc(NC(=O)O)cc2)c1. The zero-order chi connectivity index (χ0) is 20.0. The molecule has 140 valence electrons. The molecule has 6 heteroatoms. The molecule has 0 heterocycles. The fourth-order valence-corrected chi connectivity index (χ4v) is 2.94. The van der Waals surface area contributed by atoms with E-state index in [1.54, 1.807) is 12.1 Å². The normalized spacial score (nSPS) is 11.5. The maximum absolute atomic E-state index is 12.6. The number of carboxylic acid groups (broad SMARTS) is 1. The number of hydrogen-bond acceptors (Lipinski definition) is 3. The van der Waals surface area contributed by atoms with Crippen molar-refractivity contribution in [3.63, 3.8) is 0 Å². The van der Waals surface area contributed by atoms with Gasteiger partial charge in [0.15, 0.2) is 6.19 Å². The van der Waals surface area contributed by atoms with Gasteiger partial charge in [0.1, 0.15) is 0 Å². The van der Waals surface area contributed by atoms with E-state index in [9.17, 15) is 9.59 Å². The van der Waals surface area contributed by atoms with Crippen LogP contribution in [0.25, 0.3) is 11.1 Å². The molecule has 0 fully saturated rings. The van der Waals surface area contributed by atoms with Crippen molar-refractivity contribution in [3.05, 3.63) is 54.1 Å². The lowest BCUT2D eigenvalue weighted by molar-refractivity contribution is -0.129. The highest BCUT2D eigenvalue weighted by atomic mass is 16.4. The highest BCUT2D eigenvalue weighted by molar-refractivity contribution is 5.85. The molecule has 1 atom stereocenters. The standard InChI is InChI=1S/C21H23N3O3/c1-14(2)11-19(20(25)24(3)13-22)17-6-4-5-16(12-17)15-7-9-18(10-8-15)23-21(26)27/h4-10,12,14,19,23H,11H2,1-3H3,(H,26,27). The molecular weight excluding hydrogens is 342 g/mol. The first-order valence-electron chi connectivity index (χ1n) is 8.69. The molecule has 27 heavy (non-hydrogen) atoms. The van der Waals surface area contributed by atoms with Crippen molar-refractivity contribution in [3.8, 4) is 17.3 Å². The first kappa shape index (κ1) is 20.0. The molecule has 0 aromatic heterocycles. The van der Waals surface area contributed by atoms with Gasteiger partial charge in [0.25, 0.3) is 0 Å². The van der Waals surface area contributed by atoms with Crippen molar-refractivity contribution in [2.24, 2.45) is 5.92 Å². The second-order valence-electron chi connectivity index (χ2n) is 6.81. The van der Waals surface area contributed by atoms with E-state index in [4.69, 9.17) is 10.4 Å². The average molecular weight is 365 g/mol. The van der Waals surface area contributed by atoms with Crippen LogP contribution in [0.4, 0.5) is 10.5 Å². The Labute approximate surface area is 159 Å². The average Bonchev–Trinajstić information content (AvgIpc) is 2.65. The minimum absolute atomic E-state index is 0.218. The molecule has 2 amide bonds. The van der Waals surface area contributed by atoms with Crippen molar-refractivity contribution in [2.45, 2.75) is 26.2 Å². The van der Waals surface area contributed by atoms with E-state index in [-0.39, 0.29) is 11.8 Å². The summed E-state index contributed by atoms with van der Waals surface area (Å²) in [5.41, 5.74) is 3.19. The molecule has 2 aromatic carbocycles. The van der Waals surface area contributed by atoms with Gasteiger partial charge in [-0.15, -0.1) is 0 Å². The van der Waals surface area contributed by atoms with Crippen LogP contribution in [0.1, 0.15) is 31.7 Å². The zero-order valence-corrected chi connectivity index (χ0v) is 15.6. The van der Waals surface area contributed by atoms with Crippen molar-refractivity contribution in [2.75, 3.05) is 12.4 Å².